The molecule has 0 unspecified atom stereocenters. The van der Waals surface area contributed by atoms with Crippen LogP contribution in [-0.2, 0) is 0 Å². The molecule has 0 radical (unpaired) electrons. The summed E-state index contributed by atoms with van der Waals surface area (Å²) >= 11 is 0. The van der Waals surface area contributed by atoms with E-state index < -0.39 is 0 Å². The number of hydrogen-bond acceptors (Lipinski definition) is 8. The Bertz CT molecular complexity index is 2510. The van der Waals surface area contributed by atoms with Crippen LogP contribution in [0.2, 0.25) is 0 Å². The summed E-state index contributed by atoms with van der Waals surface area (Å²) in [7, 11) is 0. The molecule has 0 amide bonds. The van der Waals surface area contributed by atoms with E-state index in [1.165, 1.54) is 0 Å². The van der Waals surface area contributed by atoms with Gasteiger partial charge in [-0.2, -0.15) is 0 Å². The summed E-state index contributed by atoms with van der Waals surface area (Å²) in [4.78, 5) is 35.9. The Balaban J connectivity index is 0.854. The Kier molecular flexibility index (Phi) is 9.69. The molecule has 8 heterocycles. The van der Waals surface area contributed by atoms with Crippen molar-refractivity contribution < 1.29 is 0 Å². The number of pyridine rings is 8. The fourth-order valence-electron chi connectivity index (χ4n) is 5.18. The zero-order chi connectivity index (χ0) is 36.4. The van der Waals surface area contributed by atoms with Crippen molar-refractivity contribution in [1.82, 2.24) is 39.9 Å². The van der Waals surface area contributed by atoms with Gasteiger partial charge >= 0.3 is 0 Å². The third kappa shape index (κ3) is 8.25. The standard InChI is InChI=1S/C46H26N8/c1-3-25-47-39(5-1)41-19-13-33(27-49-41)7-9-35-15-21-43(51-29-35)45-23-17-37(31-53-45)11-12-38-18-24-46(54-32-38)44-22-16-36(30-52-44)10-8-34-14-20-42(50-28-34)40-6-2-4-26-48-40/h1-6,13-32H. The fraction of sp³-hybridized carbons (Fsp3) is 0. The topological polar surface area (TPSA) is 103 Å². The zero-order valence-corrected chi connectivity index (χ0v) is 28.6. The maximum absolute atomic E-state index is 4.57. The Morgan fingerprint density at radius 1 is 0.222 bits per heavy atom. The average molecular weight is 691 g/mol. The molecule has 8 heteroatoms. The summed E-state index contributed by atoms with van der Waals surface area (Å²) in [5.74, 6) is 18.9. The molecule has 8 aromatic heterocycles. The monoisotopic (exact) mass is 690 g/mol. The second-order valence-corrected chi connectivity index (χ2v) is 11.8. The second-order valence-electron chi connectivity index (χ2n) is 11.8. The van der Waals surface area contributed by atoms with Crippen molar-refractivity contribution in [2.45, 2.75) is 0 Å². The van der Waals surface area contributed by atoms with Gasteiger partial charge in [-0.05, 0) is 97.1 Å². The molecule has 0 fully saturated rings. The van der Waals surface area contributed by atoms with Gasteiger partial charge in [-0.25, -0.2) is 0 Å². The van der Waals surface area contributed by atoms with Crippen LogP contribution in [0.4, 0.5) is 0 Å². The lowest BCUT2D eigenvalue weighted by molar-refractivity contribution is 1.23. The highest BCUT2D eigenvalue weighted by Crippen LogP contribution is 2.18. The van der Waals surface area contributed by atoms with Gasteiger partial charge in [0.05, 0.1) is 45.6 Å². The molecule has 0 aliphatic heterocycles. The maximum Gasteiger partial charge on any atom is 0.0887 e. The minimum Gasteiger partial charge on any atom is -0.255 e. The van der Waals surface area contributed by atoms with Gasteiger partial charge in [-0.15, -0.1) is 0 Å². The molecule has 0 spiro atoms. The van der Waals surface area contributed by atoms with E-state index in [4.69, 9.17) is 0 Å². The first-order valence-electron chi connectivity index (χ1n) is 16.9. The lowest BCUT2D eigenvalue weighted by atomic mass is 10.1. The summed E-state index contributed by atoms with van der Waals surface area (Å²) in [5, 5.41) is 0. The van der Waals surface area contributed by atoms with Crippen LogP contribution >= 0.6 is 0 Å². The van der Waals surface area contributed by atoms with E-state index in [1.54, 1.807) is 49.6 Å². The first-order chi connectivity index (χ1) is 26.7. The molecule has 0 saturated heterocycles. The first-order valence-corrected chi connectivity index (χ1v) is 16.9. The van der Waals surface area contributed by atoms with Gasteiger partial charge in [0.1, 0.15) is 0 Å². The highest BCUT2D eigenvalue weighted by atomic mass is 14.8. The predicted molar refractivity (Wildman–Crippen MR) is 208 cm³/mol. The molecule has 0 aromatic carbocycles. The van der Waals surface area contributed by atoms with Crippen molar-refractivity contribution in [2.75, 3.05) is 0 Å². The largest absolute Gasteiger partial charge is 0.255 e. The summed E-state index contributed by atoms with van der Waals surface area (Å²) < 4.78 is 0. The Morgan fingerprint density at radius 2 is 0.444 bits per heavy atom. The third-order valence-corrected chi connectivity index (χ3v) is 8.01. The Labute approximate surface area is 312 Å². The summed E-state index contributed by atoms with van der Waals surface area (Å²) in [6.07, 6.45) is 14.0. The molecule has 0 bridgehead atoms. The SMILES string of the molecule is C(#Cc1ccc(-c2ccc(C#Cc3ccc(-c4ccc(C#Cc5ccc(-c6ccccn6)nc5)cn4)nc3)cn2)nc1)c1ccc(-c2ccccn2)nc1. The van der Waals surface area contributed by atoms with Crippen molar-refractivity contribution in [1.29, 1.82) is 0 Å². The molecule has 8 aromatic rings. The van der Waals surface area contributed by atoms with Crippen molar-refractivity contribution >= 4 is 0 Å². The number of rotatable bonds is 4. The predicted octanol–water partition coefficient (Wildman–Crippen LogP) is 7.71. The molecule has 8 nitrogen and oxygen atoms in total. The smallest absolute Gasteiger partial charge is 0.0887 e. The lowest BCUT2D eigenvalue weighted by Crippen LogP contribution is -1.90. The average Bonchev–Trinajstić information content (AvgIpc) is 3.26. The van der Waals surface area contributed by atoms with E-state index in [9.17, 15) is 0 Å². The van der Waals surface area contributed by atoms with Gasteiger partial charge in [-0.1, -0.05) is 47.7 Å². The van der Waals surface area contributed by atoms with Crippen LogP contribution in [0.15, 0.2) is 159 Å². The van der Waals surface area contributed by atoms with Gasteiger partial charge in [0, 0.05) is 83.0 Å². The van der Waals surface area contributed by atoms with Crippen LogP contribution in [0.3, 0.4) is 0 Å². The van der Waals surface area contributed by atoms with Crippen LogP contribution in [0.1, 0.15) is 33.4 Å². The number of nitrogens with zero attached hydrogens (tertiary/aromatic N) is 8. The third-order valence-electron chi connectivity index (χ3n) is 8.01. The molecule has 54 heavy (non-hydrogen) atoms. The Hall–Kier alpha value is -8.12. The van der Waals surface area contributed by atoms with Gasteiger partial charge < -0.3 is 0 Å². The normalized spacial score (nSPS) is 10.1. The van der Waals surface area contributed by atoms with E-state index in [1.807, 2.05) is 109 Å². The summed E-state index contributed by atoms with van der Waals surface area (Å²) in [5.41, 5.74) is 11.0. The van der Waals surface area contributed by atoms with E-state index in [0.29, 0.717) is 0 Å². The van der Waals surface area contributed by atoms with Crippen molar-refractivity contribution in [3.05, 3.63) is 192 Å². The van der Waals surface area contributed by atoms with Gasteiger partial charge in [0.25, 0.3) is 0 Å². The van der Waals surface area contributed by atoms with E-state index in [0.717, 1.165) is 78.9 Å². The molecule has 0 saturated carbocycles. The van der Waals surface area contributed by atoms with E-state index in [-0.39, 0.29) is 0 Å². The number of hydrogen-bond donors (Lipinski definition) is 0. The van der Waals surface area contributed by atoms with Gasteiger partial charge in [0.15, 0.2) is 0 Å². The fourth-order valence-corrected chi connectivity index (χ4v) is 5.18. The lowest BCUT2D eigenvalue weighted by Gasteiger charge is -2.01. The molecular formula is C46H26N8. The maximum atomic E-state index is 4.57. The van der Waals surface area contributed by atoms with Gasteiger partial charge in [0.2, 0.25) is 0 Å². The van der Waals surface area contributed by atoms with Crippen LogP contribution in [0.25, 0.3) is 45.6 Å². The first kappa shape index (κ1) is 33.0. The molecule has 250 valence electrons. The molecule has 0 aliphatic rings. The summed E-state index contributed by atoms with van der Waals surface area (Å²) in [6.45, 7) is 0. The summed E-state index contributed by atoms with van der Waals surface area (Å²) in [6, 6.07) is 34.5. The van der Waals surface area contributed by atoms with E-state index in [2.05, 4.69) is 75.4 Å². The van der Waals surface area contributed by atoms with Crippen molar-refractivity contribution in [3.8, 4) is 81.1 Å². The van der Waals surface area contributed by atoms with Crippen molar-refractivity contribution in [2.24, 2.45) is 0 Å². The molecule has 8 rings (SSSR count). The van der Waals surface area contributed by atoms with Gasteiger partial charge in [-0.3, -0.25) is 39.9 Å². The number of aromatic nitrogens is 8. The minimum atomic E-state index is 0.747. The molecule has 0 aliphatic carbocycles. The van der Waals surface area contributed by atoms with E-state index >= 15 is 0 Å². The van der Waals surface area contributed by atoms with Crippen LogP contribution in [0.5, 0.6) is 0 Å². The molecule has 0 N–H and O–H groups in total. The van der Waals surface area contributed by atoms with Crippen LogP contribution in [-0.4, -0.2) is 39.9 Å². The zero-order valence-electron chi connectivity index (χ0n) is 28.6. The van der Waals surface area contributed by atoms with Crippen LogP contribution < -0.4 is 0 Å². The van der Waals surface area contributed by atoms with Crippen molar-refractivity contribution in [3.63, 3.8) is 0 Å². The highest BCUT2D eigenvalue weighted by Gasteiger charge is 2.04. The van der Waals surface area contributed by atoms with Crippen LogP contribution in [0, 0.1) is 35.5 Å². The molecular weight excluding hydrogens is 665 g/mol. The second kappa shape index (κ2) is 15.8. The molecule has 0 atom stereocenters. The highest BCUT2D eigenvalue weighted by molar-refractivity contribution is 5.60. The quantitative estimate of drug-likeness (QED) is 0.173. The minimum absolute atomic E-state index is 0.747. The Morgan fingerprint density at radius 3 is 0.611 bits per heavy atom.